The largest absolute Gasteiger partial charge is 0.497 e. The van der Waals surface area contributed by atoms with E-state index < -0.39 is 22.7 Å². The first-order valence-corrected chi connectivity index (χ1v) is 7.74. The van der Waals surface area contributed by atoms with Gasteiger partial charge >= 0.3 is 17.1 Å². The fourth-order valence-corrected chi connectivity index (χ4v) is 2.72. The lowest BCUT2D eigenvalue weighted by atomic mass is 10.1. The molecule has 0 aliphatic carbocycles. The minimum absolute atomic E-state index is 0.194. The van der Waals surface area contributed by atoms with Crippen LogP contribution in [0.5, 0.6) is 5.75 Å². The minimum atomic E-state index is -1.51. The lowest BCUT2D eigenvalue weighted by Gasteiger charge is -2.15. The quantitative estimate of drug-likeness (QED) is 0.412. The number of carboxylic acid groups (broad SMARTS) is 1. The molecule has 0 amide bonds. The Bertz CT molecular complexity index is 1230. The Morgan fingerprint density at radius 1 is 1.15 bits per heavy atom. The van der Waals surface area contributed by atoms with Crippen LogP contribution in [0.3, 0.4) is 0 Å². The molecular weight excluding hydrogens is 350 g/mol. The molecule has 3 rings (SSSR count). The van der Waals surface area contributed by atoms with Gasteiger partial charge < -0.3 is 14.8 Å². The number of fused-ring (bicyclic) bond motifs is 1. The van der Waals surface area contributed by atoms with Crippen LogP contribution in [0.25, 0.3) is 16.7 Å². The SMILES string of the molecule is COc1ccc(C(=C(C#N)C(=O)O)n2c(=O)c(=O)[nH]c3ccccc32)cc1. The average molecular weight is 363 g/mol. The number of H-pyrrole nitrogens is 1. The molecule has 8 nitrogen and oxygen atoms in total. The number of benzene rings is 2. The number of ether oxygens (including phenoxy) is 1. The first-order chi connectivity index (χ1) is 13.0. The maximum atomic E-state index is 12.6. The van der Waals surface area contributed by atoms with Gasteiger partial charge in [-0.05, 0) is 36.4 Å². The number of carboxylic acids is 1. The number of rotatable bonds is 4. The van der Waals surface area contributed by atoms with Crippen molar-refractivity contribution in [3.8, 4) is 11.8 Å². The van der Waals surface area contributed by atoms with Crippen LogP contribution < -0.4 is 15.9 Å². The molecule has 0 unspecified atom stereocenters. The van der Waals surface area contributed by atoms with Gasteiger partial charge in [0.05, 0.1) is 23.8 Å². The molecule has 0 radical (unpaired) electrons. The number of carbonyl (C=O) groups is 1. The van der Waals surface area contributed by atoms with Crippen LogP contribution in [-0.2, 0) is 4.79 Å². The van der Waals surface area contributed by atoms with Crippen LogP contribution >= 0.6 is 0 Å². The van der Waals surface area contributed by atoms with Gasteiger partial charge in [-0.2, -0.15) is 5.26 Å². The number of nitrogens with one attached hydrogen (secondary N) is 1. The fraction of sp³-hybridized carbons (Fsp3) is 0.0526. The molecule has 0 aliphatic heterocycles. The van der Waals surface area contributed by atoms with Crippen LogP contribution in [0.4, 0.5) is 0 Å². The summed E-state index contributed by atoms with van der Waals surface area (Å²) in [6, 6.07) is 14.2. The Labute approximate surface area is 152 Å². The molecule has 2 aromatic carbocycles. The molecule has 0 saturated carbocycles. The van der Waals surface area contributed by atoms with Crippen molar-refractivity contribution in [2.75, 3.05) is 7.11 Å². The van der Waals surface area contributed by atoms with Crippen molar-refractivity contribution in [2.24, 2.45) is 0 Å². The molecule has 0 spiro atoms. The fourth-order valence-electron chi connectivity index (χ4n) is 2.72. The van der Waals surface area contributed by atoms with E-state index in [0.29, 0.717) is 11.3 Å². The van der Waals surface area contributed by atoms with E-state index in [1.165, 1.54) is 19.2 Å². The summed E-state index contributed by atoms with van der Waals surface area (Å²) in [6.07, 6.45) is 0. The molecular formula is C19H13N3O5. The van der Waals surface area contributed by atoms with Gasteiger partial charge in [-0.25, -0.2) is 4.79 Å². The molecule has 3 aromatic rings. The first kappa shape index (κ1) is 17.7. The monoisotopic (exact) mass is 363 g/mol. The second-order valence-electron chi connectivity index (χ2n) is 5.48. The third kappa shape index (κ3) is 3.09. The third-order valence-corrected chi connectivity index (χ3v) is 3.94. The predicted octanol–water partition coefficient (Wildman–Crippen LogP) is 1.57. The van der Waals surface area contributed by atoms with E-state index in [1.807, 2.05) is 0 Å². The zero-order valence-corrected chi connectivity index (χ0v) is 14.1. The van der Waals surface area contributed by atoms with E-state index in [4.69, 9.17) is 4.74 Å². The maximum Gasteiger partial charge on any atom is 0.348 e. The molecule has 0 saturated heterocycles. The Hall–Kier alpha value is -4.12. The zero-order chi connectivity index (χ0) is 19.6. The van der Waals surface area contributed by atoms with E-state index in [0.717, 1.165) is 4.57 Å². The first-order valence-electron chi connectivity index (χ1n) is 7.74. The smallest absolute Gasteiger partial charge is 0.348 e. The summed E-state index contributed by atoms with van der Waals surface area (Å²) in [5.41, 5.74) is -1.92. The van der Waals surface area contributed by atoms with Crippen molar-refractivity contribution in [3.05, 3.63) is 80.4 Å². The highest BCUT2D eigenvalue weighted by Gasteiger charge is 2.22. The predicted molar refractivity (Wildman–Crippen MR) is 97.4 cm³/mol. The number of nitrogens with zero attached hydrogens (tertiary/aromatic N) is 2. The number of methoxy groups -OCH3 is 1. The van der Waals surface area contributed by atoms with Gasteiger partial charge in [0.25, 0.3) is 0 Å². The van der Waals surface area contributed by atoms with Crippen molar-refractivity contribution in [1.82, 2.24) is 9.55 Å². The summed E-state index contributed by atoms with van der Waals surface area (Å²) in [4.78, 5) is 38.8. The molecule has 0 atom stereocenters. The van der Waals surface area contributed by atoms with Crippen LogP contribution in [0.1, 0.15) is 5.56 Å². The van der Waals surface area contributed by atoms with Gasteiger partial charge in [0, 0.05) is 5.56 Å². The Morgan fingerprint density at radius 2 is 1.81 bits per heavy atom. The molecule has 8 heteroatoms. The zero-order valence-electron chi connectivity index (χ0n) is 14.1. The summed E-state index contributed by atoms with van der Waals surface area (Å²) in [5.74, 6) is -1.00. The van der Waals surface area contributed by atoms with Crippen LogP contribution in [0, 0.1) is 11.3 Å². The number of nitriles is 1. The van der Waals surface area contributed by atoms with E-state index in [2.05, 4.69) is 4.98 Å². The molecule has 0 fully saturated rings. The minimum Gasteiger partial charge on any atom is -0.497 e. The number of hydrogen-bond acceptors (Lipinski definition) is 5. The van der Waals surface area contributed by atoms with E-state index >= 15 is 0 Å². The van der Waals surface area contributed by atoms with Crippen LogP contribution in [0.2, 0.25) is 0 Å². The summed E-state index contributed by atoms with van der Waals surface area (Å²) in [5, 5.41) is 18.9. The van der Waals surface area contributed by atoms with E-state index in [-0.39, 0.29) is 16.8 Å². The van der Waals surface area contributed by atoms with Crippen molar-refractivity contribution in [2.45, 2.75) is 0 Å². The normalized spacial score (nSPS) is 11.6. The van der Waals surface area contributed by atoms with Gasteiger partial charge in [-0.1, -0.05) is 12.1 Å². The number of hydrogen-bond donors (Lipinski definition) is 2. The van der Waals surface area contributed by atoms with Gasteiger partial charge in [0.2, 0.25) is 0 Å². The number of para-hydroxylation sites is 2. The van der Waals surface area contributed by atoms with Crippen molar-refractivity contribution in [3.63, 3.8) is 0 Å². The average Bonchev–Trinajstić information content (AvgIpc) is 2.67. The van der Waals surface area contributed by atoms with Gasteiger partial charge in [-0.3, -0.25) is 14.2 Å². The number of aromatic amines is 1. The van der Waals surface area contributed by atoms with Gasteiger partial charge in [-0.15, -0.1) is 0 Å². The molecule has 0 aliphatic rings. The standard InChI is InChI=1S/C19H13N3O5/c1-27-12-8-6-11(7-9-12)16(13(10-20)19(25)26)22-15-5-3-2-4-14(15)21-17(23)18(22)24/h2-9H,1H3,(H,21,23)(H,25,26). The molecule has 2 N–H and O–H groups in total. The molecule has 1 heterocycles. The molecule has 0 bridgehead atoms. The van der Waals surface area contributed by atoms with E-state index in [9.17, 15) is 24.8 Å². The lowest BCUT2D eigenvalue weighted by molar-refractivity contribution is -0.132. The summed E-state index contributed by atoms with van der Waals surface area (Å²) in [6.45, 7) is 0. The summed E-state index contributed by atoms with van der Waals surface area (Å²) >= 11 is 0. The van der Waals surface area contributed by atoms with Crippen molar-refractivity contribution in [1.29, 1.82) is 5.26 Å². The summed E-state index contributed by atoms with van der Waals surface area (Å²) in [7, 11) is 1.47. The molecule has 1 aromatic heterocycles. The highest BCUT2D eigenvalue weighted by Crippen LogP contribution is 2.25. The van der Waals surface area contributed by atoms with E-state index in [1.54, 1.807) is 42.5 Å². The van der Waals surface area contributed by atoms with Crippen molar-refractivity contribution >= 4 is 22.7 Å². The molecule has 134 valence electrons. The third-order valence-electron chi connectivity index (χ3n) is 3.94. The maximum absolute atomic E-state index is 12.6. The Kier molecular flexibility index (Phi) is 4.60. The topological polar surface area (TPSA) is 125 Å². The highest BCUT2D eigenvalue weighted by molar-refractivity contribution is 6.01. The lowest BCUT2D eigenvalue weighted by Crippen LogP contribution is -2.36. The Balaban J connectivity index is 2.50. The van der Waals surface area contributed by atoms with Crippen LogP contribution in [-0.4, -0.2) is 27.7 Å². The Morgan fingerprint density at radius 3 is 2.41 bits per heavy atom. The van der Waals surface area contributed by atoms with Gasteiger partial charge in [0.1, 0.15) is 11.8 Å². The van der Waals surface area contributed by atoms with Crippen molar-refractivity contribution < 1.29 is 14.6 Å². The van der Waals surface area contributed by atoms with Gasteiger partial charge in [0.15, 0.2) is 5.57 Å². The summed E-state index contributed by atoms with van der Waals surface area (Å²) < 4.78 is 6.03. The van der Waals surface area contributed by atoms with Crippen LogP contribution in [0.15, 0.2) is 63.7 Å². The number of aliphatic carboxylic acids is 1. The molecule has 27 heavy (non-hydrogen) atoms. The number of aromatic nitrogens is 2. The second kappa shape index (κ2) is 7.01. The second-order valence-corrected chi connectivity index (χ2v) is 5.48. The highest BCUT2D eigenvalue weighted by atomic mass is 16.5.